The summed E-state index contributed by atoms with van der Waals surface area (Å²) < 4.78 is 18.8. The molecule has 0 aromatic heterocycles. The number of carbonyl (C=O) groups excluding carboxylic acids is 1. The van der Waals surface area contributed by atoms with Crippen LogP contribution in [0.2, 0.25) is 0 Å². The predicted octanol–water partition coefficient (Wildman–Crippen LogP) is 2.05. The molecule has 3 nitrogen and oxygen atoms in total. The third kappa shape index (κ3) is 4.11. The van der Waals surface area contributed by atoms with Crippen molar-refractivity contribution >= 4 is 5.78 Å². The molecule has 1 aliphatic heterocycles. The molecule has 1 atom stereocenters. The summed E-state index contributed by atoms with van der Waals surface area (Å²) in [5.74, 6) is -0.244. The Balaban J connectivity index is 1.86. The van der Waals surface area contributed by atoms with Gasteiger partial charge < -0.3 is 4.74 Å². The Bertz CT molecular complexity index is 436. The number of hydrogen-bond donors (Lipinski definition) is 0. The van der Waals surface area contributed by atoms with Gasteiger partial charge in [0.15, 0.2) is 5.78 Å². The fourth-order valence-electron chi connectivity index (χ4n) is 2.51. The van der Waals surface area contributed by atoms with Gasteiger partial charge in [-0.1, -0.05) is 18.2 Å². The zero-order valence-electron chi connectivity index (χ0n) is 11.3. The summed E-state index contributed by atoms with van der Waals surface area (Å²) in [5.41, 5.74) is 0.479. The predicted molar refractivity (Wildman–Crippen MR) is 71.6 cm³/mol. The van der Waals surface area contributed by atoms with Crippen LogP contribution < -0.4 is 0 Å². The molecule has 0 aliphatic carbocycles. The molecule has 104 valence electrons. The largest absolute Gasteiger partial charge is 0.380 e. The van der Waals surface area contributed by atoms with Gasteiger partial charge >= 0.3 is 0 Å². The Morgan fingerprint density at radius 3 is 3.00 bits per heavy atom. The molecule has 0 amide bonds. The maximum atomic E-state index is 13.5. The quantitative estimate of drug-likeness (QED) is 0.816. The third-order valence-electron chi connectivity index (χ3n) is 3.54. The monoisotopic (exact) mass is 265 g/mol. The summed E-state index contributed by atoms with van der Waals surface area (Å²) in [6, 6.07) is 6.45. The van der Waals surface area contributed by atoms with Gasteiger partial charge in [-0.25, -0.2) is 4.39 Å². The first kappa shape index (κ1) is 14.2. The second-order valence-corrected chi connectivity index (χ2v) is 5.04. The van der Waals surface area contributed by atoms with Gasteiger partial charge in [-0.05, 0) is 31.0 Å². The number of ketones is 1. The van der Waals surface area contributed by atoms with E-state index in [2.05, 4.69) is 4.90 Å². The second-order valence-electron chi connectivity index (χ2n) is 5.04. The molecule has 0 saturated carbocycles. The highest BCUT2D eigenvalue weighted by Gasteiger charge is 2.21. The average Bonchev–Trinajstić information content (AvgIpc) is 2.41. The lowest BCUT2D eigenvalue weighted by Gasteiger charge is -2.31. The van der Waals surface area contributed by atoms with Crippen molar-refractivity contribution in [1.29, 1.82) is 0 Å². The maximum Gasteiger partial charge on any atom is 0.151 e. The molecular formula is C15H20FNO2. The van der Waals surface area contributed by atoms with Crippen molar-refractivity contribution in [3.63, 3.8) is 0 Å². The summed E-state index contributed by atoms with van der Waals surface area (Å²) >= 11 is 0. The standard InChI is InChI=1S/C15H20FNO2/c1-19-14-6-4-8-17(11-14)10-13(18)9-12-5-2-3-7-15(12)16/h2-3,5,7,14H,4,6,8-11H2,1H3. The number of likely N-dealkylation sites (tertiary alicyclic amines) is 1. The van der Waals surface area contributed by atoms with Crippen LogP contribution in [-0.4, -0.2) is 43.5 Å². The Morgan fingerprint density at radius 2 is 2.26 bits per heavy atom. The van der Waals surface area contributed by atoms with Crippen molar-refractivity contribution < 1.29 is 13.9 Å². The highest BCUT2D eigenvalue weighted by molar-refractivity contribution is 5.82. The van der Waals surface area contributed by atoms with Crippen LogP contribution in [0.4, 0.5) is 4.39 Å². The number of hydrogen-bond acceptors (Lipinski definition) is 3. The lowest BCUT2D eigenvalue weighted by atomic mass is 10.1. The number of rotatable bonds is 5. The van der Waals surface area contributed by atoms with E-state index in [9.17, 15) is 9.18 Å². The summed E-state index contributed by atoms with van der Waals surface area (Å²) in [6.07, 6.45) is 2.48. The molecule has 0 spiro atoms. The topological polar surface area (TPSA) is 29.5 Å². The van der Waals surface area contributed by atoms with Crippen LogP contribution in [0.5, 0.6) is 0 Å². The van der Waals surface area contributed by atoms with Crippen molar-refractivity contribution in [2.24, 2.45) is 0 Å². The summed E-state index contributed by atoms with van der Waals surface area (Å²) in [4.78, 5) is 14.1. The smallest absolute Gasteiger partial charge is 0.151 e. The van der Waals surface area contributed by atoms with Crippen LogP contribution in [0.3, 0.4) is 0 Å². The van der Waals surface area contributed by atoms with E-state index in [4.69, 9.17) is 4.74 Å². The SMILES string of the molecule is COC1CCCN(CC(=O)Cc2ccccc2F)C1. The highest BCUT2D eigenvalue weighted by Crippen LogP contribution is 2.13. The molecule has 4 heteroatoms. The molecule has 1 heterocycles. The number of Topliss-reactive ketones (excluding diaryl/α,β-unsaturated/α-hetero) is 1. The molecule has 1 aromatic rings. The van der Waals surface area contributed by atoms with Crippen LogP contribution in [0.25, 0.3) is 0 Å². The molecule has 0 radical (unpaired) electrons. The van der Waals surface area contributed by atoms with E-state index < -0.39 is 0 Å². The Hall–Kier alpha value is -1.26. The molecule has 0 bridgehead atoms. The van der Waals surface area contributed by atoms with E-state index in [1.165, 1.54) is 6.07 Å². The van der Waals surface area contributed by atoms with Gasteiger partial charge in [-0.2, -0.15) is 0 Å². The number of methoxy groups -OCH3 is 1. The van der Waals surface area contributed by atoms with Crippen LogP contribution in [0.15, 0.2) is 24.3 Å². The molecule has 1 aromatic carbocycles. The molecule has 19 heavy (non-hydrogen) atoms. The van der Waals surface area contributed by atoms with Gasteiger partial charge in [0.1, 0.15) is 5.82 Å². The van der Waals surface area contributed by atoms with Crippen molar-refractivity contribution in [3.8, 4) is 0 Å². The first-order valence-corrected chi connectivity index (χ1v) is 6.69. The van der Waals surface area contributed by atoms with Crippen molar-refractivity contribution in [3.05, 3.63) is 35.6 Å². The van der Waals surface area contributed by atoms with E-state index in [0.717, 1.165) is 25.9 Å². The number of halogens is 1. The van der Waals surface area contributed by atoms with E-state index in [0.29, 0.717) is 12.1 Å². The zero-order valence-corrected chi connectivity index (χ0v) is 11.3. The molecule has 1 saturated heterocycles. The first-order valence-electron chi connectivity index (χ1n) is 6.69. The van der Waals surface area contributed by atoms with Gasteiger partial charge in [0.25, 0.3) is 0 Å². The van der Waals surface area contributed by atoms with E-state index in [1.807, 2.05) is 0 Å². The van der Waals surface area contributed by atoms with E-state index >= 15 is 0 Å². The Kier molecular flexibility index (Phi) is 5.05. The minimum Gasteiger partial charge on any atom is -0.380 e. The maximum absolute atomic E-state index is 13.5. The summed E-state index contributed by atoms with van der Waals surface area (Å²) in [7, 11) is 1.70. The number of benzene rings is 1. The fourth-order valence-corrected chi connectivity index (χ4v) is 2.51. The van der Waals surface area contributed by atoms with Gasteiger partial charge in [0.2, 0.25) is 0 Å². The minimum absolute atomic E-state index is 0.0573. The van der Waals surface area contributed by atoms with Gasteiger partial charge in [0, 0.05) is 20.1 Å². The van der Waals surface area contributed by atoms with E-state index in [-0.39, 0.29) is 24.1 Å². The van der Waals surface area contributed by atoms with Crippen molar-refractivity contribution in [1.82, 2.24) is 4.90 Å². The molecule has 1 unspecified atom stereocenters. The minimum atomic E-state index is -0.302. The highest BCUT2D eigenvalue weighted by atomic mass is 19.1. The summed E-state index contributed by atoms with van der Waals surface area (Å²) in [5, 5.41) is 0. The lowest BCUT2D eigenvalue weighted by molar-refractivity contribution is -0.120. The van der Waals surface area contributed by atoms with Crippen molar-refractivity contribution in [2.45, 2.75) is 25.4 Å². The Morgan fingerprint density at radius 1 is 1.47 bits per heavy atom. The normalized spacial score (nSPS) is 20.4. The molecule has 0 N–H and O–H groups in total. The van der Waals surface area contributed by atoms with Crippen LogP contribution in [0.1, 0.15) is 18.4 Å². The van der Waals surface area contributed by atoms with Gasteiger partial charge in [-0.15, -0.1) is 0 Å². The van der Waals surface area contributed by atoms with Crippen LogP contribution >= 0.6 is 0 Å². The van der Waals surface area contributed by atoms with Crippen LogP contribution in [0, 0.1) is 5.82 Å². The van der Waals surface area contributed by atoms with Crippen LogP contribution in [-0.2, 0) is 16.0 Å². The van der Waals surface area contributed by atoms with Crippen molar-refractivity contribution in [2.75, 3.05) is 26.7 Å². The second kappa shape index (κ2) is 6.78. The first-order chi connectivity index (χ1) is 9.19. The lowest BCUT2D eigenvalue weighted by Crippen LogP contribution is -2.42. The molecular weight excluding hydrogens is 245 g/mol. The number of piperidine rings is 1. The number of ether oxygens (including phenoxy) is 1. The number of carbonyl (C=O) groups is 1. The van der Waals surface area contributed by atoms with Gasteiger partial charge in [0.05, 0.1) is 12.6 Å². The third-order valence-corrected chi connectivity index (χ3v) is 3.54. The zero-order chi connectivity index (χ0) is 13.7. The van der Waals surface area contributed by atoms with Gasteiger partial charge in [-0.3, -0.25) is 9.69 Å². The molecule has 1 fully saturated rings. The molecule has 1 aliphatic rings. The average molecular weight is 265 g/mol. The van der Waals surface area contributed by atoms with E-state index in [1.54, 1.807) is 25.3 Å². The molecule has 2 rings (SSSR count). The fraction of sp³-hybridized carbons (Fsp3) is 0.533. The summed E-state index contributed by atoms with van der Waals surface area (Å²) in [6.45, 7) is 2.09. The number of nitrogens with zero attached hydrogens (tertiary/aromatic N) is 1. The Labute approximate surface area is 113 Å².